The number of piperidine rings is 1. The first kappa shape index (κ1) is 18.7. The van der Waals surface area contributed by atoms with Crippen LogP contribution in [-0.4, -0.2) is 56.4 Å². The number of likely N-dealkylation sites (tertiary alicyclic amines) is 1. The van der Waals surface area contributed by atoms with Crippen molar-refractivity contribution >= 4 is 11.6 Å². The number of nitrogens with one attached hydrogen (secondary N) is 1. The third kappa shape index (κ3) is 4.95. The summed E-state index contributed by atoms with van der Waals surface area (Å²) in [5.74, 6) is 0.160. The predicted octanol–water partition coefficient (Wildman–Crippen LogP) is 2.76. The smallest absolute Gasteiger partial charge is 0.244 e. The van der Waals surface area contributed by atoms with Crippen molar-refractivity contribution in [3.05, 3.63) is 29.3 Å². The number of nitrogens with zero attached hydrogens (tertiary/aromatic N) is 1. The van der Waals surface area contributed by atoms with Crippen molar-refractivity contribution in [1.29, 1.82) is 0 Å². The zero-order valence-corrected chi connectivity index (χ0v) is 15.3. The maximum Gasteiger partial charge on any atom is 0.244 e. The van der Waals surface area contributed by atoms with Crippen LogP contribution in [0.15, 0.2) is 18.2 Å². The molecule has 0 bridgehead atoms. The van der Waals surface area contributed by atoms with E-state index in [4.69, 9.17) is 9.47 Å². The Hall–Kier alpha value is -1.59. The van der Waals surface area contributed by atoms with Crippen LogP contribution < -0.4 is 5.32 Å². The quantitative estimate of drug-likeness (QED) is 0.779. The van der Waals surface area contributed by atoms with Crippen molar-refractivity contribution < 1.29 is 14.3 Å². The first-order valence-corrected chi connectivity index (χ1v) is 8.75. The number of rotatable bonds is 7. The van der Waals surface area contributed by atoms with Crippen LogP contribution in [0.25, 0.3) is 0 Å². The van der Waals surface area contributed by atoms with Crippen LogP contribution in [0.5, 0.6) is 0 Å². The van der Waals surface area contributed by atoms with Crippen molar-refractivity contribution in [3.63, 3.8) is 0 Å². The van der Waals surface area contributed by atoms with Gasteiger partial charge in [-0.1, -0.05) is 18.2 Å². The highest BCUT2D eigenvalue weighted by atomic mass is 16.5. The van der Waals surface area contributed by atoms with Crippen molar-refractivity contribution in [1.82, 2.24) is 4.90 Å². The molecule has 1 atom stereocenters. The largest absolute Gasteiger partial charge is 0.382 e. The molecule has 134 valence electrons. The molecule has 2 rings (SSSR count). The molecule has 1 amide bonds. The van der Waals surface area contributed by atoms with Crippen molar-refractivity contribution in [2.45, 2.75) is 45.8 Å². The summed E-state index contributed by atoms with van der Waals surface area (Å²) in [6.07, 6.45) is 2.03. The molecule has 0 spiro atoms. The monoisotopic (exact) mass is 334 g/mol. The number of ether oxygens (including phenoxy) is 2. The minimum Gasteiger partial charge on any atom is -0.382 e. The minimum atomic E-state index is -0.226. The van der Waals surface area contributed by atoms with Crippen LogP contribution in [0.4, 0.5) is 5.69 Å². The van der Waals surface area contributed by atoms with Crippen LogP contribution >= 0.6 is 0 Å². The molecule has 1 fully saturated rings. The van der Waals surface area contributed by atoms with Crippen molar-refractivity contribution in [2.24, 2.45) is 0 Å². The van der Waals surface area contributed by atoms with Crippen LogP contribution in [0, 0.1) is 13.8 Å². The van der Waals surface area contributed by atoms with Gasteiger partial charge in [0.05, 0.1) is 19.3 Å². The molecule has 1 aliphatic rings. The molecule has 0 aromatic heterocycles. The Morgan fingerprint density at radius 2 is 1.88 bits per heavy atom. The van der Waals surface area contributed by atoms with Gasteiger partial charge in [-0.05, 0) is 44.7 Å². The number of para-hydroxylation sites is 1. The van der Waals surface area contributed by atoms with E-state index < -0.39 is 0 Å². The Kier molecular flexibility index (Phi) is 7.06. The first-order chi connectivity index (χ1) is 11.5. The second kappa shape index (κ2) is 9.04. The highest BCUT2D eigenvalue weighted by Crippen LogP contribution is 2.21. The molecule has 1 aromatic rings. The maximum atomic E-state index is 12.7. The number of hydrogen-bond donors (Lipinski definition) is 1. The van der Waals surface area contributed by atoms with Gasteiger partial charge in [0.2, 0.25) is 5.91 Å². The van der Waals surface area contributed by atoms with Crippen molar-refractivity contribution in [2.75, 3.05) is 38.7 Å². The first-order valence-electron chi connectivity index (χ1n) is 8.75. The van der Waals surface area contributed by atoms with Gasteiger partial charge in [0.25, 0.3) is 0 Å². The summed E-state index contributed by atoms with van der Waals surface area (Å²) in [6.45, 7) is 8.83. The molecule has 1 aromatic carbocycles. The second-order valence-corrected chi connectivity index (χ2v) is 6.52. The van der Waals surface area contributed by atoms with E-state index in [1.165, 1.54) is 11.1 Å². The summed E-state index contributed by atoms with van der Waals surface area (Å²) in [7, 11) is 1.68. The highest BCUT2D eigenvalue weighted by Gasteiger charge is 2.26. The molecule has 5 nitrogen and oxygen atoms in total. The normalized spacial score (nSPS) is 16.9. The Balaban J connectivity index is 1.84. The van der Waals surface area contributed by atoms with E-state index in [-0.39, 0.29) is 18.1 Å². The Labute approximate surface area is 145 Å². The Bertz CT molecular complexity index is 519. The molecule has 0 aliphatic carbocycles. The molecular formula is C19H30N2O3. The van der Waals surface area contributed by atoms with E-state index in [1.54, 1.807) is 7.11 Å². The molecule has 1 N–H and O–H groups in total. The number of hydrogen-bond acceptors (Lipinski definition) is 4. The second-order valence-electron chi connectivity index (χ2n) is 6.52. The molecule has 24 heavy (non-hydrogen) atoms. The average Bonchev–Trinajstić information content (AvgIpc) is 2.58. The van der Waals surface area contributed by atoms with Crippen LogP contribution in [0.3, 0.4) is 0 Å². The van der Waals surface area contributed by atoms with Crippen LogP contribution in [0.2, 0.25) is 0 Å². The van der Waals surface area contributed by atoms with E-state index in [2.05, 4.69) is 31.3 Å². The van der Waals surface area contributed by atoms with Gasteiger partial charge < -0.3 is 19.7 Å². The minimum absolute atomic E-state index is 0.160. The van der Waals surface area contributed by atoms with Gasteiger partial charge in [-0.3, -0.25) is 4.79 Å². The number of benzene rings is 1. The lowest BCUT2D eigenvalue weighted by molar-refractivity contribution is -0.134. The van der Waals surface area contributed by atoms with Crippen LogP contribution in [-0.2, 0) is 14.3 Å². The molecule has 1 heterocycles. The summed E-state index contributed by atoms with van der Waals surface area (Å²) in [6, 6.07) is 5.94. The topological polar surface area (TPSA) is 50.8 Å². The van der Waals surface area contributed by atoms with E-state index in [9.17, 15) is 4.79 Å². The molecule has 0 saturated carbocycles. The fraction of sp³-hybridized carbons (Fsp3) is 0.632. The lowest BCUT2D eigenvalue weighted by Gasteiger charge is -2.34. The third-order valence-corrected chi connectivity index (χ3v) is 4.61. The summed E-state index contributed by atoms with van der Waals surface area (Å²) in [5, 5.41) is 3.39. The highest BCUT2D eigenvalue weighted by molar-refractivity contribution is 5.85. The fourth-order valence-corrected chi connectivity index (χ4v) is 3.14. The number of methoxy groups -OCH3 is 1. The molecule has 0 unspecified atom stereocenters. The Morgan fingerprint density at radius 3 is 2.46 bits per heavy atom. The summed E-state index contributed by atoms with van der Waals surface area (Å²) in [5.41, 5.74) is 3.40. The average molecular weight is 334 g/mol. The summed E-state index contributed by atoms with van der Waals surface area (Å²) in [4.78, 5) is 14.6. The molecule has 5 heteroatoms. The lowest BCUT2D eigenvalue weighted by atomic mass is 10.1. The van der Waals surface area contributed by atoms with Gasteiger partial charge in [0, 0.05) is 25.9 Å². The van der Waals surface area contributed by atoms with E-state index in [0.717, 1.165) is 31.6 Å². The van der Waals surface area contributed by atoms with Gasteiger partial charge in [-0.25, -0.2) is 0 Å². The summed E-state index contributed by atoms with van der Waals surface area (Å²) >= 11 is 0. The third-order valence-electron chi connectivity index (χ3n) is 4.61. The maximum absolute atomic E-state index is 12.7. The fourth-order valence-electron chi connectivity index (χ4n) is 3.14. The lowest BCUT2D eigenvalue weighted by Crippen LogP contribution is -2.47. The van der Waals surface area contributed by atoms with Gasteiger partial charge in [-0.2, -0.15) is 0 Å². The van der Waals surface area contributed by atoms with Gasteiger partial charge in [-0.15, -0.1) is 0 Å². The number of amides is 1. The molecule has 1 saturated heterocycles. The van der Waals surface area contributed by atoms with Gasteiger partial charge >= 0.3 is 0 Å². The Morgan fingerprint density at radius 1 is 1.25 bits per heavy atom. The molecule has 0 radical (unpaired) electrons. The van der Waals surface area contributed by atoms with E-state index in [1.807, 2.05) is 17.9 Å². The number of anilines is 1. The van der Waals surface area contributed by atoms with Crippen molar-refractivity contribution in [3.8, 4) is 0 Å². The SMILES string of the molecule is COCCOC1CCN(C(=O)[C@@H](C)Nc2c(C)cccc2C)CC1. The van der Waals surface area contributed by atoms with E-state index in [0.29, 0.717) is 13.2 Å². The molecular weight excluding hydrogens is 304 g/mol. The number of carbonyl (C=O) groups excluding carboxylic acids is 1. The predicted molar refractivity (Wildman–Crippen MR) is 96.4 cm³/mol. The van der Waals surface area contributed by atoms with Gasteiger partial charge in [0.1, 0.15) is 6.04 Å². The zero-order valence-electron chi connectivity index (χ0n) is 15.3. The zero-order chi connectivity index (χ0) is 17.5. The number of carbonyl (C=O) groups is 1. The standard InChI is InChI=1S/C19H30N2O3/c1-14-6-5-7-15(2)18(14)20-16(3)19(22)21-10-8-17(9-11-21)24-13-12-23-4/h5-7,16-17,20H,8-13H2,1-4H3/t16-/m1/s1. The van der Waals surface area contributed by atoms with Crippen LogP contribution in [0.1, 0.15) is 30.9 Å². The van der Waals surface area contributed by atoms with Gasteiger partial charge in [0.15, 0.2) is 0 Å². The number of aryl methyl sites for hydroxylation is 2. The summed E-state index contributed by atoms with van der Waals surface area (Å²) < 4.78 is 10.8. The van der Waals surface area contributed by atoms with E-state index >= 15 is 0 Å². The molecule has 1 aliphatic heterocycles.